The molecule has 2 aromatic heterocycles. The molecule has 33 heavy (non-hydrogen) atoms. The maximum atomic E-state index is 12.6. The van der Waals surface area contributed by atoms with Gasteiger partial charge in [0.1, 0.15) is 16.8 Å². The second kappa shape index (κ2) is 10.9. The van der Waals surface area contributed by atoms with Crippen molar-refractivity contribution < 1.29 is 9.47 Å². The van der Waals surface area contributed by atoms with Crippen LogP contribution in [0.5, 0.6) is 5.75 Å². The van der Waals surface area contributed by atoms with E-state index < -0.39 is 0 Å². The number of H-pyrrole nitrogens is 1. The fourth-order valence-corrected chi connectivity index (χ4v) is 4.02. The van der Waals surface area contributed by atoms with Crippen molar-refractivity contribution in [3.63, 3.8) is 0 Å². The number of hydrogen-bond acceptors (Lipinski definition) is 5. The summed E-state index contributed by atoms with van der Waals surface area (Å²) in [6.07, 6.45) is 11.8. The Labute approximate surface area is 193 Å². The number of aromatic amines is 1. The summed E-state index contributed by atoms with van der Waals surface area (Å²) in [4.78, 5) is 22.2. The number of nitrogens with zero attached hydrogens (tertiary/aromatic N) is 3. The van der Waals surface area contributed by atoms with Gasteiger partial charge in [-0.2, -0.15) is 0 Å². The first-order valence-corrected chi connectivity index (χ1v) is 11.3. The highest BCUT2D eigenvalue weighted by Gasteiger charge is 2.16. The van der Waals surface area contributed by atoms with Gasteiger partial charge in [0.2, 0.25) is 0 Å². The normalized spacial score (nSPS) is 15.4. The van der Waals surface area contributed by atoms with Crippen LogP contribution >= 0.6 is 0 Å². The van der Waals surface area contributed by atoms with Crippen LogP contribution in [-0.2, 0) is 4.74 Å². The first kappa shape index (κ1) is 22.8. The molecule has 1 N–H and O–H groups in total. The van der Waals surface area contributed by atoms with Gasteiger partial charge in [-0.1, -0.05) is 30.9 Å². The van der Waals surface area contributed by atoms with Crippen molar-refractivity contribution >= 4 is 16.7 Å². The van der Waals surface area contributed by atoms with E-state index in [1.807, 2.05) is 60.2 Å². The van der Waals surface area contributed by atoms with Gasteiger partial charge >= 0.3 is 0 Å². The standard InChI is InChI=1S/C26H30N4O3/c1-3-6-21(7-4-2)30-18-23(24-25(30)26(31)28-19-27-24)20-8-10-22(11-9-20)33-15-5-12-29-13-16-32-17-14-29/h3-4,6-11,18-19H,1,5,12-17H2,2H3,(H,27,28,31)/b7-4-,21-6+. The summed E-state index contributed by atoms with van der Waals surface area (Å²) in [6, 6.07) is 7.94. The van der Waals surface area contributed by atoms with Gasteiger partial charge in [0, 0.05) is 37.1 Å². The van der Waals surface area contributed by atoms with Gasteiger partial charge in [-0.25, -0.2) is 4.98 Å². The molecule has 3 heterocycles. The van der Waals surface area contributed by atoms with Gasteiger partial charge in [-0.05, 0) is 43.2 Å². The van der Waals surface area contributed by atoms with Crippen molar-refractivity contribution in [2.45, 2.75) is 13.3 Å². The highest BCUT2D eigenvalue weighted by Crippen LogP contribution is 2.31. The van der Waals surface area contributed by atoms with Crippen LogP contribution < -0.4 is 10.3 Å². The first-order valence-electron chi connectivity index (χ1n) is 11.3. The molecule has 0 unspecified atom stereocenters. The van der Waals surface area contributed by atoms with Crippen molar-refractivity contribution in [2.24, 2.45) is 0 Å². The fourth-order valence-electron chi connectivity index (χ4n) is 4.02. The Hall–Kier alpha value is -3.42. The molecule has 0 amide bonds. The zero-order valence-corrected chi connectivity index (χ0v) is 19.0. The van der Waals surface area contributed by atoms with E-state index in [-0.39, 0.29) is 5.56 Å². The summed E-state index contributed by atoms with van der Waals surface area (Å²) in [7, 11) is 0. The number of nitrogens with one attached hydrogen (secondary N) is 1. The first-order chi connectivity index (χ1) is 16.2. The number of benzene rings is 1. The number of hydrogen-bond donors (Lipinski definition) is 1. The van der Waals surface area contributed by atoms with E-state index in [1.165, 1.54) is 6.33 Å². The fraction of sp³-hybridized carbons (Fsp3) is 0.308. The number of rotatable bonds is 9. The molecule has 1 aliphatic rings. The molecule has 7 nitrogen and oxygen atoms in total. The molecule has 0 bridgehead atoms. The van der Waals surface area contributed by atoms with Crippen molar-refractivity contribution in [1.82, 2.24) is 19.4 Å². The maximum absolute atomic E-state index is 12.6. The third-order valence-electron chi connectivity index (χ3n) is 5.64. The van der Waals surface area contributed by atoms with Crippen molar-refractivity contribution in [2.75, 3.05) is 39.5 Å². The van der Waals surface area contributed by atoms with E-state index in [0.29, 0.717) is 17.6 Å². The highest BCUT2D eigenvalue weighted by molar-refractivity contribution is 5.95. The van der Waals surface area contributed by atoms with E-state index in [4.69, 9.17) is 9.47 Å². The largest absolute Gasteiger partial charge is 0.494 e. The topological polar surface area (TPSA) is 72.4 Å². The molecule has 0 saturated carbocycles. The monoisotopic (exact) mass is 446 g/mol. The minimum Gasteiger partial charge on any atom is -0.494 e. The zero-order chi connectivity index (χ0) is 23.0. The molecule has 7 heteroatoms. The number of fused-ring (bicyclic) bond motifs is 1. The Balaban J connectivity index is 1.53. The molecule has 1 saturated heterocycles. The van der Waals surface area contributed by atoms with E-state index >= 15 is 0 Å². The molecule has 1 fully saturated rings. The lowest BCUT2D eigenvalue weighted by Gasteiger charge is -2.26. The Morgan fingerprint density at radius 1 is 1.27 bits per heavy atom. The van der Waals surface area contributed by atoms with E-state index in [9.17, 15) is 4.79 Å². The van der Waals surface area contributed by atoms with Crippen LogP contribution in [0.4, 0.5) is 0 Å². The minimum absolute atomic E-state index is 0.189. The van der Waals surface area contributed by atoms with Gasteiger partial charge in [-0.15, -0.1) is 0 Å². The average Bonchev–Trinajstić information content (AvgIpc) is 3.24. The second-order valence-electron chi connectivity index (χ2n) is 7.85. The highest BCUT2D eigenvalue weighted by atomic mass is 16.5. The Bertz CT molecular complexity index is 1200. The van der Waals surface area contributed by atoms with Crippen LogP contribution in [0, 0.1) is 0 Å². The van der Waals surface area contributed by atoms with Crippen LogP contribution in [0.15, 0.2) is 72.5 Å². The van der Waals surface area contributed by atoms with E-state index in [0.717, 1.165) is 61.8 Å². The lowest BCUT2D eigenvalue weighted by molar-refractivity contribution is 0.0358. The average molecular weight is 447 g/mol. The summed E-state index contributed by atoms with van der Waals surface area (Å²) in [5.74, 6) is 0.830. The van der Waals surface area contributed by atoms with E-state index in [2.05, 4.69) is 21.4 Å². The number of allylic oxidation sites excluding steroid dienone is 5. The van der Waals surface area contributed by atoms with Crippen LogP contribution in [0.3, 0.4) is 0 Å². The third-order valence-corrected chi connectivity index (χ3v) is 5.64. The van der Waals surface area contributed by atoms with Crippen LogP contribution in [0.1, 0.15) is 13.3 Å². The molecule has 0 atom stereocenters. The second-order valence-corrected chi connectivity index (χ2v) is 7.85. The number of morpholine rings is 1. The SMILES string of the molecule is C=C/C=C(\C=C/C)n1cc(-c2ccc(OCCCN3CCOCC3)cc2)c2nc[nH]c(=O)c21. The summed E-state index contributed by atoms with van der Waals surface area (Å²) in [5, 5.41) is 0. The zero-order valence-electron chi connectivity index (χ0n) is 19.0. The predicted molar refractivity (Wildman–Crippen MR) is 132 cm³/mol. The number of ether oxygens (including phenoxy) is 2. The van der Waals surface area contributed by atoms with Crippen LogP contribution in [-0.4, -0.2) is 58.9 Å². The van der Waals surface area contributed by atoms with Crippen LogP contribution in [0.2, 0.25) is 0 Å². The predicted octanol–water partition coefficient (Wildman–Crippen LogP) is 4.10. The summed E-state index contributed by atoms with van der Waals surface area (Å²) in [6.45, 7) is 11.1. The Morgan fingerprint density at radius 3 is 2.79 bits per heavy atom. The third kappa shape index (κ3) is 5.32. The molecule has 1 aliphatic heterocycles. The van der Waals surface area contributed by atoms with Gasteiger partial charge in [0.25, 0.3) is 5.56 Å². The number of aromatic nitrogens is 3. The van der Waals surface area contributed by atoms with E-state index in [1.54, 1.807) is 6.08 Å². The summed E-state index contributed by atoms with van der Waals surface area (Å²) < 4.78 is 13.2. The molecule has 3 aromatic rings. The van der Waals surface area contributed by atoms with Crippen molar-refractivity contribution in [3.8, 4) is 16.9 Å². The van der Waals surface area contributed by atoms with Gasteiger partial charge in [0.15, 0.2) is 0 Å². The summed E-state index contributed by atoms with van der Waals surface area (Å²) in [5.41, 5.74) is 3.65. The minimum atomic E-state index is -0.189. The Kier molecular flexibility index (Phi) is 7.55. The summed E-state index contributed by atoms with van der Waals surface area (Å²) >= 11 is 0. The molecule has 0 aliphatic carbocycles. The smallest absolute Gasteiger partial charge is 0.275 e. The molecule has 4 rings (SSSR count). The van der Waals surface area contributed by atoms with Crippen molar-refractivity contribution in [3.05, 3.63) is 78.0 Å². The van der Waals surface area contributed by atoms with Gasteiger partial charge in [-0.3, -0.25) is 9.69 Å². The van der Waals surface area contributed by atoms with Crippen LogP contribution in [0.25, 0.3) is 27.9 Å². The van der Waals surface area contributed by atoms with Gasteiger partial charge < -0.3 is 19.0 Å². The molecule has 172 valence electrons. The van der Waals surface area contributed by atoms with Crippen molar-refractivity contribution in [1.29, 1.82) is 0 Å². The molecule has 0 radical (unpaired) electrons. The molecule has 1 aromatic carbocycles. The lowest BCUT2D eigenvalue weighted by atomic mass is 10.1. The Morgan fingerprint density at radius 2 is 2.06 bits per heavy atom. The lowest BCUT2D eigenvalue weighted by Crippen LogP contribution is -2.37. The van der Waals surface area contributed by atoms with Gasteiger partial charge in [0.05, 0.1) is 26.1 Å². The quantitative estimate of drug-likeness (QED) is 0.396. The molecular weight excluding hydrogens is 416 g/mol. The molecular formula is C26H30N4O3. The molecule has 0 spiro atoms. The maximum Gasteiger partial charge on any atom is 0.275 e.